The van der Waals surface area contributed by atoms with Crippen molar-refractivity contribution < 1.29 is 4.79 Å². The molecule has 0 heterocycles. The predicted molar refractivity (Wildman–Crippen MR) is 50.4 cm³/mol. The molecule has 0 spiro atoms. The van der Waals surface area contributed by atoms with E-state index in [2.05, 4.69) is 24.3 Å². The molecule has 0 N–H and O–H groups in total. The zero-order valence-corrected chi connectivity index (χ0v) is 7.44. The third-order valence-corrected chi connectivity index (χ3v) is 3.44. The molecule has 13 heavy (non-hydrogen) atoms. The van der Waals surface area contributed by atoms with E-state index in [1.54, 1.807) is 0 Å². The smallest absolute Gasteiger partial charge is 0.133 e. The van der Waals surface area contributed by atoms with Crippen LogP contribution in [0.3, 0.4) is 0 Å². The molecular weight excluding hydrogens is 160 g/mol. The molecule has 0 aliphatic heterocycles. The zero-order chi connectivity index (χ0) is 8.84. The van der Waals surface area contributed by atoms with E-state index in [1.807, 2.05) is 6.07 Å². The summed E-state index contributed by atoms with van der Waals surface area (Å²) in [7, 11) is 0. The summed E-state index contributed by atoms with van der Waals surface area (Å²) in [5, 5.41) is 0. The van der Waals surface area contributed by atoms with Crippen molar-refractivity contribution in [2.75, 3.05) is 0 Å². The first-order valence-corrected chi connectivity index (χ1v) is 4.93. The summed E-state index contributed by atoms with van der Waals surface area (Å²) in [6.45, 7) is 0. The Morgan fingerprint density at radius 3 is 2.23 bits per heavy atom. The van der Waals surface area contributed by atoms with Crippen molar-refractivity contribution in [3.63, 3.8) is 0 Å². The van der Waals surface area contributed by atoms with E-state index in [-0.39, 0.29) is 0 Å². The third-order valence-electron chi connectivity index (χ3n) is 3.44. The highest BCUT2D eigenvalue weighted by atomic mass is 16.1. The molecule has 2 aliphatic rings. The van der Waals surface area contributed by atoms with Gasteiger partial charge < -0.3 is 0 Å². The first-order valence-electron chi connectivity index (χ1n) is 4.93. The minimum atomic E-state index is 0.474. The molecule has 2 fully saturated rings. The average Bonchev–Trinajstić information content (AvgIpc) is 2.66. The lowest BCUT2D eigenvalue weighted by molar-refractivity contribution is -0.118. The van der Waals surface area contributed by atoms with E-state index in [0.29, 0.717) is 23.5 Å². The number of carbonyl (C=O) groups excluding carboxylic acids is 1. The lowest BCUT2D eigenvalue weighted by atomic mass is 10.0. The standard InChI is InChI=1S/C12H12O/c13-9-6-10-11(7-9)12(10)8-4-2-1-3-5-8/h1-5,10-12H,6-7H2/t10-,11+,12?. The van der Waals surface area contributed by atoms with Crippen LogP contribution in [0.1, 0.15) is 24.3 Å². The maximum absolute atomic E-state index is 11.1. The zero-order valence-electron chi connectivity index (χ0n) is 7.44. The summed E-state index contributed by atoms with van der Waals surface area (Å²) in [4.78, 5) is 11.1. The van der Waals surface area contributed by atoms with Gasteiger partial charge in [0.05, 0.1) is 0 Å². The van der Waals surface area contributed by atoms with Gasteiger partial charge in [0.2, 0.25) is 0 Å². The third kappa shape index (κ3) is 1.03. The quantitative estimate of drug-likeness (QED) is 0.635. The largest absolute Gasteiger partial charge is 0.300 e. The number of carbonyl (C=O) groups is 1. The summed E-state index contributed by atoms with van der Waals surface area (Å²) in [5.41, 5.74) is 1.44. The molecule has 1 aromatic rings. The number of ketones is 1. The van der Waals surface area contributed by atoms with Crippen LogP contribution < -0.4 is 0 Å². The van der Waals surface area contributed by atoms with E-state index < -0.39 is 0 Å². The molecule has 1 unspecified atom stereocenters. The molecule has 66 valence electrons. The second-order valence-corrected chi connectivity index (χ2v) is 4.21. The second-order valence-electron chi connectivity index (χ2n) is 4.21. The van der Waals surface area contributed by atoms with Crippen LogP contribution in [-0.2, 0) is 4.79 Å². The van der Waals surface area contributed by atoms with Crippen LogP contribution in [0.25, 0.3) is 0 Å². The van der Waals surface area contributed by atoms with Gasteiger partial charge in [-0.25, -0.2) is 0 Å². The van der Waals surface area contributed by atoms with Crippen LogP contribution in [0.2, 0.25) is 0 Å². The molecule has 0 amide bonds. The van der Waals surface area contributed by atoms with Crippen molar-refractivity contribution >= 4 is 5.78 Å². The first kappa shape index (κ1) is 7.31. The van der Waals surface area contributed by atoms with Gasteiger partial charge in [0, 0.05) is 12.8 Å². The van der Waals surface area contributed by atoms with Gasteiger partial charge in [-0.2, -0.15) is 0 Å². The Bertz CT molecular complexity index is 327. The molecule has 0 saturated heterocycles. The van der Waals surface area contributed by atoms with Crippen molar-refractivity contribution in [2.24, 2.45) is 11.8 Å². The van der Waals surface area contributed by atoms with E-state index in [4.69, 9.17) is 0 Å². The summed E-state index contributed by atoms with van der Waals surface area (Å²) in [5.74, 6) is 2.56. The van der Waals surface area contributed by atoms with Gasteiger partial charge in [0.1, 0.15) is 5.78 Å². The van der Waals surface area contributed by atoms with Crippen molar-refractivity contribution in [3.8, 4) is 0 Å². The molecule has 0 aromatic heterocycles. The highest BCUT2D eigenvalue weighted by Gasteiger charge is 2.56. The predicted octanol–water partition coefficient (Wildman–Crippen LogP) is 2.38. The van der Waals surface area contributed by atoms with Gasteiger partial charge in [0.25, 0.3) is 0 Å². The molecular formula is C12H12O. The fourth-order valence-electron chi connectivity index (χ4n) is 2.78. The number of fused-ring (bicyclic) bond motifs is 1. The van der Waals surface area contributed by atoms with Gasteiger partial charge >= 0.3 is 0 Å². The van der Waals surface area contributed by atoms with E-state index in [1.165, 1.54) is 5.56 Å². The summed E-state index contributed by atoms with van der Waals surface area (Å²) < 4.78 is 0. The normalized spacial score (nSPS) is 36.0. The van der Waals surface area contributed by atoms with Crippen LogP contribution in [0.5, 0.6) is 0 Å². The molecule has 3 atom stereocenters. The van der Waals surface area contributed by atoms with Gasteiger partial charge in [-0.15, -0.1) is 0 Å². The summed E-state index contributed by atoms with van der Waals surface area (Å²) in [6.07, 6.45) is 1.68. The minimum absolute atomic E-state index is 0.474. The van der Waals surface area contributed by atoms with Crippen LogP contribution >= 0.6 is 0 Å². The summed E-state index contributed by atoms with van der Waals surface area (Å²) >= 11 is 0. The molecule has 0 radical (unpaired) electrons. The van der Waals surface area contributed by atoms with Gasteiger partial charge in [-0.1, -0.05) is 30.3 Å². The molecule has 0 bridgehead atoms. The van der Waals surface area contributed by atoms with Crippen molar-refractivity contribution in [2.45, 2.75) is 18.8 Å². The number of hydrogen-bond donors (Lipinski definition) is 0. The van der Waals surface area contributed by atoms with Crippen LogP contribution in [0.15, 0.2) is 30.3 Å². The molecule has 1 heteroatoms. The van der Waals surface area contributed by atoms with Gasteiger partial charge in [-0.05, 0) is 23.3 Å². The Morgan fingerprint density at radius 2 is 1.62 bits per heavy atom. The van der Waals surface area contributed by atoms with Crippen molar-refractivity contribution in [1.82, 2.24) is 0 Å². The van der Waals surface area contributed by atoms with E-state index in [0.717, 1.165) is 12.8 Å². The Morgan fingerprint density at radius 1 is 1.00 bits per heavy atom. The highest BCUT2D eigenvalue weighted by Crippen LogP contribution is 2.61. The summed E-state index contributed by atoms with van der Waals surface area (Å²) in [6, 6.07) is 10.6. The van der Waals surface area contributed by atoms with Gasteiger partial charge in [0.15, 0.2) is 0 Å². The Labute approximate surface area is 77.8 Å². The lowest BCUT2D eigenvalue weighted by Gasteiger charge is -2.01. The average molecular weight is 172 g/mol. The minimum Gasteiger partial charge on any atom is -0.300 e. The van der Waals surface area contributed by atoms with Crippen LogP contribution in [-0.4, -0.2) is 5.78 Å². The Balaban J connectivity index is 1.82. The number of benzene rings is 1. The molecule has 1 aromatic carbocycles. The van der Waals surface area contributed by atoms with Crippen molar-refractivity contribution in [1.29, 1.82) is 0 Å². The second kappa shape index (κ2) is 2.44. The Kier molecular flexibility index (Phi) is 1.37. The molecule has 2 saturated carbocycles. The topological polar surface area (TPSA) is 17.1 Å². The number of rotatable bonds is 1. The van der Waals surface area contributed by atoms with Crippen molar-refractivity contribution in [3.05, 3.63) is 35.9 Å². The highest BCUT2D eigenvalue weighted by molar-refractivity contribution is 5.83. The monoisotopic (exact) mass is 172 g/mol. The fraction of sp³-hybridized carbons (Fsp3) is 0.417. The van der Waals surface area contributed by atoms with Crippen LogP contribution in [0, 0.1) is 11.8 Å². The SMILES string of the molecule is O=C1C[C@@H]2C(c3ccccc3)[C@@H]2C1. The maximum atomic E-state index is 11.1. The molecule has 1 nitrogen and oxygen atoms in total. The van der Waals surface area contributed by atoms with E-state index in [9.17, 15) is 4.79 Å². The fourth-order valence-corrected chi connectivity index (χ4v) is 2.78. The maximum Gasteiger partial charge on any atom is 0.133 e. The van der Waals surface area contributed by atoms with Crippen LogP contribution in [0.4, 0.5) is 0 Å². The Hall–Kier alpha value is -1.11. The molecule has 3 rings (SSSR count). The van der Waals surface area contributed by atoms with E-state index >= 15 is 0 Å². The first-order chi connectivity index (χ1) is 6.36. The lowest BCUT2D eigenvalue weighted by Crippen LogP contribution is -1.96. The van der Waals surface area contributed by atoms with Gasteiger partial charge in [-0.3, -0.25) is 4.79 Å². The number of hydrogen-bond acceptors (Lipinski definition) is 1. The number of Topliss-reactive ketones (excluding diaryl/α,β-unsaturated/α-hetero) is 1. The molecule has 2 aliphatic carbocycles.